The molecule has 0 saturated carbocycles. The van der Waals surface area contributed by atoms with Crippen LogP contribution in [0, 0.1) is 0 Å². The average molecular weight is 442 g/mol. The van der Waals surface area contributed by atoms with Crippen molar-refractivity contribution in [1.82, 2.24) is 0 Å². The maximum atomic E-state index is 13.3. The van der Waals surface area contributed by atoms with Gasteiger partial charge in [-0.2, -0.15) is 13.2 Å². The number of hydrogen-bond acceptors (Lipinski definition) is 4. The van der Waals surface area contributed by atoms with Gasteiger partial charge in [0, 0.05) is 36.1 Å². The first kappa shape index (κ1) is 19.3. The van der Waals surface area contributed by atoms with Crippen LogP contribution in [-0.2, 0) is 12.8 Å². The fraction of sp³-hybridized carbons (Fsp3) is 0.211. The molecule has 0 bridgehead atoms. The molecule has 27 heavy (non-hydrogen) atoms. The molecule has 2 aromatic carbocycles. The maximum absolute atomic E-state index is 13.3. The van der Waals surface area contributed by atoms with E-state index in [2.05, 4.69) is 15.9 Å². The summed E-state index contributed by atoms with van der Waals surface area (Å²) in [4.78, 5) is 13.2. The van der Waals surface area contributed by atoms with E-state index in [1.807, 2.05) is 24.3 Å². The SMILES string of the molecule is CN(C)c1cc2c(C(F)(F)F)cc(=O)oc2cc1OCc1ccc(Br)cc1. The molecule has 8 heteroatoms. The first-order chi connectivity index (χ1) is 12.6. The maximum Gasteiger partial charge on any atom is 0.417 e. The fourth-order valence-corrected chi connectivity index (χ4v) is 2.88. The minimum absolute atomic E-state index is 0.175. The predicted molar refractivity (Wildman–Crippen MR) is 100 cm³/mol. The molecular weight excluding hydrogens is 427 g/mol. The van der Waals surface area contributed by atoms with E-state index >= 15 is 0 Å². The molecule has 0 fully saturated rings. The Labute approximate surface area is 161 Å². The van der Waals surface area contributed by atoms with E-state index < -0.39 is 17.4 Å². The Morgan fingerprint density at radius 1 is 1.11 bits per heavy atom. The number of benzene rings is 2. The van der Waals surface area contributed by atoms with Crippen LogP contribution >= 0.6 is 15.9 Å². The predicted octanol–water partition coefficient (Wildman–Crippen LogP) is 5.22. The third-order valence-corrected chi connectivity index (χ3v) is 4.45. The monoisotopic (exact) mass is 441 g/mol. The van der Waals surface area contributed by atoms with E-state index in [0.29, 0.717) is 17.5 Å². The van der Waals surface area contributed by atoms with Crippen LogP contribution in [0.4, 0.5) is 18.9 Å². The standard InChI is InChI=1S/C19H15BrF3NO3/c1-24(2)15-7-13-14(19(21,22)23)8-18(25)27-16(13)9-17(15)26-10-11-3-5-12(20)6-4-11/h3-9H,10H2,1-2H3. The van der Waals surface area contributed by atoms with Crippen molar-refractivity contribution >= 4 is 32.6 Å². The zero-order valence-electron chi connectivity index (χ0n) is 14.4. The quantitative estimate of drug-likeness (QED) is 0.520. The molecule has 0 saturated heterocycles. The lowest BCUT2D eigenvalue weighted by Gasteiger charge is -2.20. The highest BCUT2D eigenvalue weighted by Gasteiger charge is 2.34. The van der Waals surface area contributed by atoms with Crippen LogP contribution in [0.25, 0.3) is 11.0 Å². The number of anilines is 1. The van der Waals surface area contributed by atoms with E-state index in [-0.39, 0.29) is 17.6 Å². The van der Waals surface area contributed by atoms with Gasteiger partial charge in [0.25, 0.3) is 0 Å². The molecule has 0 unspecified atom stereocenters. The number of fused-ring (bicyclic) bond motifs is 1. The Hall–Kier alpha value is -2.48. The van der Waals surface area contributed by atoms with Gasteiger partial charge in [-0.3, -0.25) is 0 Å². The van der Waals surface area contributed by atoms with Crippen molar-refractivity contribution in [2.24, 2.45) is 0 Å². The number of nitrogens with zero attached hydrogens (tertiary/aromatic N) is 1. The number of alkyl halides is 3. The second kappa shape index (κ2) is 7.26. The second-order valence-electron chi connectivity index (χ2n) is 6.10. The first-order valence-corrected chi connectivity index (χ1v) is 8.68. The van der Waals surface area contributed by atoms with Crippen LogP contribution in [0.5, 0.6) is 5.75 Å². The van der Waals surface area contributed by atoms with Crippen molar-refractivity contribution in [1.29, 1.82) is 0 Å². The second-order valence-corrected chi connectivity index (χ2v) is 7.02. The lowest BCUT2D eigenvalue weighted by Crippen LogP contribution is -2.14. The van der Waals surface area contributed by atoms with Crippen molar-refractivity contribution in [3.8, 4) is 5.75 Å². The van der Waals surface area contributed by atoms with Crippen molar-refractivity contribution in [2.45, 2.75) is 12.8 Å². The minimum atomic E-state index is -4.67. The summed E-state index contributed by atoms with van der Waals surface area (Å²) in [5.41, 5.74) is -0.943. The van der Waals surface area contributed by atoms with E-state index in [1.165, 1.54) is 12.1 Å². The minimum Gasteiger partial charge on any atom is -0.487 e. The van der Waals surface area contributed by atoms with Crippen LogP contribution < -0.4 is 15.3 Å². The normalized spacial score (nSPS) is 11.6. The van der Waals surface area contributed by atoms with E-state index in [9.17, 15) is 18.0 Å². The molecule has 3 rings (SSSR count). The molecule has 4 nitrogen and oxygen atoms in total. The summed E-state index contributed by atoms with van der Waals surface area (Å²) in [6.45, 7) is 0.211. The highest BCUT2D eigenvalue weighted by atomic mass is 79.9. The molecule has 142 valence electrons. The number of rotatable bonds is 4. The average Bonchev–Trinajstić information content (AvgIpc) is 2.58. The van der Waals surface area contributed by atoms with Crippen LogP contribution in [0.2, 0.25) is 0 Å². The molecule has 0 aliphatic rings. The lowest BCUT2D eigenvalue weighted by molar-refractivity contribution is -0.136. The molecule has 0 radical (unpaired) electrons. The zero-order chi connectivity index (χ0) is 19.8. The van der Waals surface area contributed by atoms with Gasteiger partial charge in [-0.25, -0.2) is 4.79 Å². The van der Waals surface area contributed by atoms with E-state index in [4.69, 9.17) is 9.15 Å². The summed E-state index contributed by atoms with van der Waals surface area (Å²) in [5, 5.41) is -0.193. The Kier molecular flexibility index (Phi) is 5.19. The van der Waals surface area contributed by atoms with E-state index in [0.717, 1.165) is 10.0 Å². The van der Waals surface area contributed by atoms with Crippen LogP contribution in [0.1, 0.15) is 11.1 Å². The molecular formula is C19H15BrF3NO3. The summed E-state index contributed by atoms with van der Waals surface area (Å²) in [6.07, 6.45) is -4.67. The Morgan fingerprint density at radius 2 is 1.78 bits per heavy atom. The van der Waals surface area contributed by atoms with E-state index in [1.54, 1.807) is 19.0 Å². The topological polar surface area (TPSA) is 42.7 Å². The highest BCUT2D eigenvalue weighted by molar-refractivity contribution is 9.10. The van der Waals surface area contributed by atoms with Crippen LogP contribution in [0.3, 0.4) is 0 Å². The third kappa shape index (κ3) is 4.27. The van der Waals surface area contributed by atoms with Crippen LogP contribution in [0.15, 0.2) is 56.1 Å². The van der Waals surface area contributed by atoms with Crippen LogP contribution in [-0.4, -0.2) is 14.1 Å². The fourth-order valence-electron chi connectivity index (χ4n) is 2.62. The first-order valence-electron chi connectivity index (χ1n) is 7.89. The number of ether oxygens (including phenoxy) is 1. The van der Waals surface area contributed by atoms with Gasteiger partial charge >= 0.3 is 11.8 Å². The van der Waals surface area contributed by atoms with Gasteiger partial charge in [0.2, 0.25) is 0 Å². The smallest absolute Gasteiger partial charge is 0.417 e. The van der Waals surface area contributed by atoms with Crippen molar-refractivity contribution in [3.05, 3.63) is 68.5 Å². The van der Waals surface area contributed by atoms with Crippen molar-refractivity contribution in [3.63, 3.8) is 0 Å². The largest absolute Gasteiger partial charge is 0.487 e. The van der Waals surface area contributed by atoms with Gasteiger partial charge < -0.3 is 14.1 Å². The molecule has 0 spiro atoms. The Bertz CT molecular complexity index is 1030. The van der Waals surface area contributed by atoms with Gasteiger partial charge in [-0.05, 0) is 23.8 Å². The molecule has 0 N–H and O–H groups in total. The number of halogens is 4. The lowest BCUT2D eigenvalue weighted by atomic mass is 10.1. The zero-order valence-corrected chi connectivity index (χ0v) is 16.0. The Morgan fingerprint density at radius 3 is 2.37 bits per heavy atom. The molecule has 1 heterocycles. The highest BCUT2D eigenvalue weighted by Crippen LogP contribution is 2.39. The van der Waals surface area contributed by atoms with Crippen molar-refractivity contribution < 1.29 is 22.3 Å². The van der Waals surface area contributed by atoms with Gasteiger partial charge in [0.1, 0.15) is 17.9 Å². The van der Waals surface area contributed by atoms with Crippen molar-refractivity contribution in [2.75, 3.05) is 19.0 Å². The summed E-state index contributed by atoms with van der Waals surface area (Å²) in [7, 11) is 3.39. The summed E-state index contributed by atoms with van der Waals surface area (Å²) < 4.78 is 51.6. The van der Waals surface area contributed by atoms with Gasteiger partial charge in [-0.15, -0.1) is 0 Å². The molecule has 1 aromatic heterocycles. The number of hydrogen-bond donors (Lipinski definition) is 0. The molecule has 0 atom stereocenters. The Balaban J connectivity index is 2.08. The van der Waals surface area contributed by atoms with Gasteiger partial charge in [0.15, 0.2) is 0 Å². The summed E-state index contributed by atoms with van der Waals surface area (Å²) >= 11 is 3.35. The van der Waals surface area contributed by atoms with Gasteiger partial charge in [-0.1, -0.05) is 28.1 Å². The van der Waals surface area contributed by atoms with Gasteiger partial charge in [0.05, 0.1) is 11.3 Å². The summed E-state index contributed by atoms with van der Waals surface area (Å²) in [6, 6.07) is 10.5. The molecule has 0 amide bonds. The molecule has 0 aliphatic heterocycles. The third-order valence-electron chi connectivity index (χ3n) is 3.92. The summed E-state index contributed by atoms with van der Waals surface area (Å²) in [5.74, 6) is 0.317. The molecule has 3 aromatic rings. The molecule has 0 aliphatic carbocycles.